The second kappa shape index (κ2) is 6.66. The molecule has 2 heterocycles. The van der Waals surface area contributed by atoms with E-state index in [1.807, 2.05) is 26.8 Å². The van der Waals surface area contributed by atoms with Crippen LogP contribution in [-0.4, -0.2) is 28.8 Å². The van der Waals surface area contributed by atoms with E-state index in [-0.39, 0.29) is 17.3 Å². The van der Waals surface area contributed by atoms with E-state index in [4.69, 9.17) is 0 Å². The Labute approximate surface area is 159 Å². The number of aromatic nitrogens is 2. The van der Waals surface area contributed by atoms with Crippen LogP contribution in [-0.2, 0) is 5.54 Å². The van der Waals surface area contributed by atoms with Crippen molar-refractivity contribution in [3.05, 3.63) is 41.5 Å². The third-order valence-corrected chi connectivity index (χ3v) is 5.24. The Kier molecular flexibility index (Phi) is 4.44. The van der Waals surface area contributed by atoms with Gasteiger partial charge >= 0.3 is 0 Å². The standard InChI is InChI=1S/C21H27FN4O/c1-21(2,3)26-19(13-17(24-26)14-6-7-14)20(27)23-15-8-9-18(16(22)12-15)25-10-4-5-11-25/h8-9,12-14H,4-7,10-11H2,1-3H3,(H,23,27). The van der Waals surface area contributed by atoms with Gasteiger partial charge in [-0.2, -0.15) is 5.10 Å². The summed E-state index contributed by atoms with van der Waals surface area (Å²) in [6.45, 7) is 7.85. The van der Waals surface area contributed by atoms with Crippen molar-refractivity contribution in [1.29, 1.82) is 0 Å². The minimum absolute atomic E-state index is 0.252. The van der Waals surface area contributed by atoms with Crippen molar-refractivity contribution in [1.82, 2.24) is 9.78 Å². The summed E-state index contributed by atoms with van der Waals surface area (Å²) in [6.07, 6.45) is 4.45. The van der Waals surface area contributed by atoms with Crippen LogP contribution in [0.3, 0.4) is 0 Å². The molecule has 0 bridgehead atoms. The highest BCUT2D eigenvalue weighted by Crippen LogP contribution is 2.40. The van der Waals surface area contributed by atoms with E-state index in [0.29, 0.717) is 23.0 Å². The molecular formula is C21H27FN4O. The number of hydrogen-bond donors (Lipinski definition) is 1. The first-order chi connectivity index (χ1) is 12.8. The fourth-order valence-electron chi connectivity index (χ4n) is 3.65. The number of amides is 1. The minimum Gasteiger partial charge on any atom is -0.369 e. The Balaban J connectivity index is 1.56. The molecular weight excluding hydrogens is 343 g/mol. The monoisotopic (exact) mass is 370 g/mol. The number of nitrogens with zero attached hydrogens (tertiary/aromatic N) is 3. The van der Waals surface area contributed by atoms with Crippen LogP contribution in [0, 0.1) is 5.82 Å². The van der Waals surface area contributed by atoms with E-state index >= 15 is 0 Å². The molecule has 5 nitrogen and oxygen atoms in total. The van der Waals surface area contributed by atoms with Crippen LogP contribution in [0.15, 0.2) is 24.3 Å². The topological polar surface area (TPSA) is 50.2 Å². The summed E-state index contributed by atoms with van der Waals surface area (Å²) < 4.78 is 16.3. The van der Waals surface area contributed by atoms with Gasteiger partial charge in [0, 0.05) is 24.7 Å². The Bertz CT molecular complexity index is 858. The molecule has 2 fully saturated rings. The highest BCUT2D eigenvalue weighted by molar-refractivity contribution is 6.03. The molecule has 1 saturated heterocycles. The number of hydrogen-bond acceptors (Lipinski definition) is 3. The molecule has 1 aliphatic carbocycles. The maximum Gasteiger partial charge on any atom is 0.273 e. The predicted octanol–water partition coefficient (Wildman–Crippen LogP) is 4.51. The van der Waals surface area contributed by atoms with Gasteiger partial charge in [0.2, 0.25) is 0 Å². The van der Waals surface area contributed by atoms with Crippen LogP contribution in [0.1, 0.15) is 68.6 Å². The van der Waals surface area contributed by atoms with Crippen molar-refractivity contribution < 1.29 is 9.18 Å². The third-order valence-electron chi connectivity index (χ3n) is 5.24. The molecule has 1 aliphatic heterocycles. The highest BCUT2D eigenvalue weighted by atomic mass is 19.1. The molecule has 0 spiro atoms. The summed E-state index contributed by atoms with van der Waals surface area (Å²) in [5.41, 5.74) is 2.28. The van der Waals surface area contributed by atoms with Gasteiger partial charge in [-0.15, -0.1) is 0 Å². The summed E-state index contributed by atoms with van der Waals surface area (Å²) in [4.78, 5) is 14.9. The quantitative estimate of drug-likeness (QED) is 0.862. The number of rotatable bonds is 4. The molecule has 1 aromatic heterocycles. The van der Waals surface area contributed by atoms with Crippen LogP contribution in [0.5, 0.6) is 0 Å². The zero-order valence-electron chi connectivity index (χ0n) is 16.3. The molecule has 2 aliphatic rings. The Morgan fingerprint density at radius 2 is 1.89 bits per heavy atom. The third kappa shape index (κ3) is 3.70. The SMILES string of the molecule is CC(C)(C)n1nc(C2CC2)cc1C(=O)Nc1ccc(N2CCCC2)c(F)c1. The number of anilines is 2. The Morgan fingerprint density at radius 3 is 2.48 bits per heavy atom. The van der Waals surface area contributed by atoms with Gasteiger partial charge < -0.3 is 10.2 Å². The molecule has 1 amide bonds. The van der Waals surface area contributed by atoms with Crippen molar-refractivity contribution in [2.75, 3.05) is 23.3 Å². The molecule has 144 valence electrons. The van der Waals surface area contributed by atoms with E-state index in [0.717, 1.165) is 44.5 Å². The van der Waals surface area contributed by atoms with Gasteiger partial charge in [0.1, 0.15) is 11.5 Å². The van der Waals surface area contributed by atoms with Gasteiger partial charge in [-0.1, -0.05) is 0 Å². The Morgan fingerprint density at radius 1 is 1.19 bits per heavy atom. The summed E-state index contributed by atoms with van der Waals surface area (Å²) in [5.74, 6) is -0.0762. The fourth-order valence-corrected chi connectivity index (χ4v) is 3.65. The molecule has 1 saturated carbocycles. The zero-order chi connectivity index (χ0) is 19.2. The molecule has 0 radical (unpaired) electrons. The molecule has 2 aromatic rings. The number of carbonyl (C=O) groups excluding carboxylic acids is 1. The van der Waals surface area contributed by atoms with Crippen LogP contribution in [0.4, 0.5) is 15.8 Å². The number of halogens is 1. The van der Waals surface area contributed by atoms with Gasteiger partial charge in [0.15, 0.2) is 0 Å². The van der Waals surface area contributed by atoms with Gasteiger partial charge in [0.25, 0.3) is 5.91 Å². The lowest BCUT2D eigenvalue weighted by Crippen LogP contribution is -2.29. The van der Waals surface area contributed by atoms with Crippen molar-refractivity contribution in [2.45, 2.75) is 57.9 Å². The summed E-state index contributed by atoms with van der Waals surface area (Å²) in [7, 11) is 0. The lowest BCUT2D eigenvalue weighted by Gasteiger charge is -2.22. The van der Waals surface area contributed by atoms with Gasteiger partial charge in [0.05, 0.1) is 16.9 Å². The van der Waals surface area contributed by atoms with E-state index in [1.165, 1.54) is 6.07 Å². The molecule has 0 unspecified atom stereocenters. The summed E-state index contributed by atoms with van der Waals surface area (Å²) in [6, 6.07) is 6.82. The number of carbonyl (C=O) groups is 1. The predicted molar refractivity (Wildman–Crippen MR) is 105 cm³/mol. The second-order valence-electron chi connectivity index (χ2n) is 8.63. The molecule has 1 aromatic carbocycles. The number of benzene rings is 1. The first-order valence-electron chi connectivity index (χ1n) is 9.79. The van der Waals surface area contributed by atoms with Crippen molar-refractivity contribution in [3.63, 3.8) is 0 Å². The molecule has 0 atom stereocenters. The minimum atomic E-state index is -0.301. The molecule has 27 heavy (non-hydrogen) atoms. The summed E-state index contributed by atoms with van der Waals surface area (Å²) in [5, 5.41) is 7.51. The fraction of sp³-hybridized carbons (Fsp3) is 0.524. The van der Waals surface area contributed by atoms with Crippen LogP contribution < -0.4 is 10.2 Å². The largest absolute Gasteiger partial charge is 0.369 e. The van der Waals surface area contributed by atoms with Gasteiger partial charge in [-0.05, 0) is 70.7 Å². The smallest absolute Gasteiger partial charge is 0.273 e. The molecule has 6 heteroatoms. The molecule has 4 rings (SSSR count). The van der Waals surface area contributed by atoms with Crippen molar-refractivity contribution in [2.24, 2.45) is 0 Å². The van der Waals surface area contributed by atoms with E-state index < -0.39 is 0 Å². The lowest BCUT2D eigenvalue weighted by molar-refractivity contribution is 0.100. The van der Waals surface area contributed by atoms with Crippen molar-refractivity contribution in [3.8, 4) is 0 Å². The average molecular weight is 370 g/mol. The van der Waals surface area contributed by atoms with Crippen LogP contribution in [0.2, 0.25) is 0 Å². The average Bonchev–Trinajstić information content (AvgIpc) is 3.12. The van der Waals surface area contributed by atoms with Gasteiger partial charge in [-0.25, -0.2) is 4.39 Å². The first kappa shape index (κ1) is 18.0. The lowest BCUT2D eigenvalue weighted by atomic mass is 10.1. The van der Waals surface area contributed by atoms with Crippen LogP contribution in [0.25, 0.3) is 0 Å². The first-order valence-corrected chi connectivity index (χ1v) is 9.79. The molecule has 1 N–H and O–H groups in total. The maximum atomic E-state index is 14.5. The van der Waals surface area contributed by atoms with Crippen LogP contribution >= 0.6 is 0 Å². The van der Waals surface area contributed by atoms with E-state index in [2.05, 4.69) is 15.3 Å². The second-order valence-corrected chi connectivity index (χ2v) is 8.63. The summed E-state index contributed by atoms with van der Waals surface area (Å²) >= 11 is 0. The highest BCUT2D eigenvalue weighted by Gasteiger charge is 2.31. The zero-order valence-corrected chi connectivity index (χ0v) is 16.3. The van der Waals surface area contributed by atoms with Gasteiger partial charge in [-0.3, -0.25) is 9.48 Å². The van der Waals surface area contributed by atoms with Crippen molar-refractivity contribution >= 4 is 17.3 Å². The number of nitrogens with one attached hydrogen (secondary N) is 1. The van der Waals surface area contributed by atoms with E-state index in [9.17, 15) is 9.18 Å². The Hall–Kier alpha value is -2.37. The van der Waals surface area contributed by atoms with E-state index in [1.54, 1.807) is 16.8 Å². The maximum absolute atomic E-state index is 14.5. The normalized spacial score (nSPS) is 17.4.